The monoisotopic (exact) mass is 391 g/mol. The van der Waals surface area contributed by atoms with Gasteiger partial charge in [0.05, 0.1) is 11.0 Å². The van der Waals surface area contributed by atoms with Crippen LogP contribution in [0.4, 0.5) is 0 Å². The molecule has 2 aromatic rings. The first-order valence-corrected chi connectivity index (χ1v) is 10.4. The molecular formula is C25H35N4. The molecule has 1 aromatic carbocycles. The molecule has 2 aliphatic rings. The number of aromatic nitrogens is 2. The van der Waals surface area contributed by atoms with Crippen LogP contribution >= 0.6 is 0 Å². The van der Waals surface area contributed by atoms with Crippen molar-refractivity contribution in [1.29, 1.82) is 0 Å². The van der Waals surface area contributed by atoms with Crippen LogP contribution in [-0.4, -0.2) is 23.1 Å². The molecule has 1 aliphatic heterocycles. The predicted molar refractivity (Wildman–Crippen MR) is 126 cm³/mol. The van der Waals surface area contributed by atoms with Crippen LogP contribution < -0.4 is 10.6 Å². The Hall–Kier alpha value is -2.72. The molecule has 0 saturated carbocycles. The van der Waals surface area contributed by atoms with Gasteiger partial charge in [0, 0.05) is 33.9 Å². The molecule has 29 heavy (non-hydrogen) atoms. The topological polar surface area (TPSA) is 49.8 Å². The molecule has 155 valence electrons. The summed E-state index contributed by atoms with van der Waals surface area (Å²) in [5, 5.41) is 6.79. The molecule has 1 radical (unpaired) electrons. The molecule has 0 unspecified atom stereocenters. The number of hydrogen-bond acceptors (Lipinski definition) is 4. The molecule has 1 aromatic heterocycles. The minimum atomic E-state index is 0. The van der Waals surface area contributed by atoms with E-state index < -0.39 is 0 Å². The van der Waals surface area contributed by atoms with E-state index in [9.17, 15) is 0 Å². The Balaban J connectivity index is 0.000000366. The molecule has 1 saturated heterocycles. The van der Waals surface area contributed by atoms with E-state index >= 15 is 0 Å². The summed E-state index contributed by atoms with van der Waals surface area (Å²) < 4.78 is 0. The van der Waals surface area contributed by atoms with Crippen LogP contribution in [0.25, 0.3) is 11.0 Å². The first-order chi connectivity index (χ1) is 14.2. The van der Waals surface area contributed by atoms with Crippen molar-refractivity contribution in [3.63, 3.8) is 0 Å². The molecule has 0 bridgehead atoms. The maximum Gasteiger partial charge on any atom is 0.0890 e. The average Bonchev–Trinajstić information content (AvgIpc) is 3.61. The van der Waals surface area contributed by atoms with Gasteiger partial charge in [-0.15, -0.1) is 0 Å². The van der Waals surface area contributed by atoms with Gasteiger partial charge in [-0.05, 0) is 69.0 Å². The SMILES string of the molecule is C=C/C=C(C)\C(=C/C)NCc1ccc2nccnc2c1.[CH]1C=C1C1CCNCC1.[HH].[HH]. The van der Waals surface area contributed by atoms with Gasteiger partial charge >= 0.3 is 0 Å². The summed E-state index contributed by atoms with van der Waals surface area (Å²) in [6.07, 6.45) is 16.5. The molecule has 0 spiro atoms. The third kappa shape index (κ3) is 6.40. The average molecular weight is 392 g/mol. The van der Waals surface area contributed by atoms with E-state index in [-0.39, 0.29) is 2.85 Å². The number of nitrogens with zero attached hydrogens (tertiary/aromatic N) is 2. The van der Waals surface area contributed by atoms with E-state index in [4.69, 9.17) is 0 Å². The lowest BCUT2D eigenvalue weighted by molar-refractivity contribution is 0.430. The van der Waals surface area contributed by atoms with Crippen molar-refractivity contribution < 1.29 is 2.85 Å². The maximum absolute atomic E-state index is 4.32. The Kier molecular flexibility index (Phi) is 7.77. The van der Waals surface area contributed by atoms with Crippen LogP contribution in [0.3, 0.4) is 0 Å². The Labute approximate surface area is 177 Å². The van der Waals surface area contributed by atoms with Gasteiger partial charge in [-0.25, -0.2) is 0 Å². The molecule has 1 aliphatic carbocycles. The van der Waals surface area contributed by atoms with Gasteiger partial charge in [0.1, 0.15) is 0 Å². The lowest BCUT2D eigenvalue weighted by Crippen LogP contribution is -2.27. The fourth-order valence-corrected chi connectivity index (χ4v) is 3.53. The first-order valence-electron chi connectivity index (χ1n) is 10.4. The zero-order valence-corrected chi connectivity index (χ0v) is 17.5. The molecule has 4 heteroatoms. The molecule has 0 amide bonds. The number of benzene rings is 1. The second kappa shape index (κ2) is 10.7. The second-order valence-electron chi connectivity index (χ2n) is 7.38. The highest BCUT2D eigenvalue weighted by atomic mass is 14.9. The van der Waals surface area contributed by atoms with E-state index in [1.165, 1.54) is 37.1 Å². The molecule has 4 rings (SSSR count). The summed E-state index contributed by atoms with van der Waals surface area (Å²) in [5.74, 6) is 0.909. The molecule has 1 fully saturated rings. The number of piperidine rings is 1. The number of hydrogen-bond donors (Lipinski definition) is 2. The lowest BCUT2D eigenvalue weighted by atomic mass is 9.95. The van der Waals surface area contributed by atoms with Gasteiger partial charge in [-0.2, -0.15) is 0 Å². The van der Waals surface area contributed by atoms with Crippen molar-refractivity contribution in [3.05, 3.63) is 90.3 Å². The Morgan fingerprint density at radius 2 is 1.97 bits per heavy atom. The van der Waals surface area contributed by atoms with Crippen molar-refractivity contribution in [1.82, 2.24) is 20.6 Å². The third-order valence-corrected chi connectivity index (χ3v) is 5.27. The van der Waals surface area contributed by atoms with Gasteiger partial charge < -0.3 is 10.6 Å². The molecule has 0 atom stereocenters. The molecule has 2 heterocycles. The zero-order chi connectivity index (χ0) is 20.5. The minimum absolute atomic E-state index is 0. The van der Waals surface area contributed by atoms with E-state index in [1.807, 2.05) is 19.1 Å². The first kappa shape index (κ1) is 21.0. The number of nitrogens with one attached hydrogen (secondary N) is 2. The quantitative estimate of drug-likeness (QED) is 0.649. The number of allylic oxidation sites excluding steroid dienone is 6. The van der Waals surface area contributed by atoms with Crippen molar-refractivity contribution in [3.8, 4) is 0 Å². The molecule has 2 N–H and O–H groups in total. The Morgan fingerprint density at radius 3 is 2.62 bits per heavy atom. The highest BCUT2D eigenvalue weighted by Gasteiger charge is 2.21. The zero-order valence-electron chi connectivity index (χ0n) is 17.5. The van der Waals surface area contributed by atoms with Crippen LogP contribution in [-0.2, 0) is 6.54 Å². The van der Waals surface area contributed by atoms with Crippen LogP contribution in [0.15, 0.2) is 78.3 Å². The van der Waals surface area contributed by atoms with Crippen molar-refractivity contribution in [2.24, 2.45) is 5.92 Å². The minimum Gasteiger partial charge on any atom is -0.381 e. The van der Waals surface area contributed by atoms with Crippen molar-refractivity contribution in [2.75, 3.05) is 13.1 Å². The van der Waals surface area contributed by atoms with Crippen molar-refractivity contribution in [2.45, 2.75) is 33.2 Å². The van der Waals surface area contributed by atoms with E-state index in [2.05, 4.69) is 64.8 Å². The fraction of sp³-hybridized carbons (Fsp3) is 0.320. The fourth-order valence-electron chi connectivity index (χ4n) is 3.53. The summed E-state index contributed by atoms with van der Waals surface area (Å²) >= 11 is 0. The van der Waals surface area contributed by atoms with Crippen LogP contribution in [0.2, 0.25) is 0 Å². The number of rotatable bonds is 6. The summed E-state index contributed by atoms with van der Waals surface area (Å²) in [5.41, 5.74) is 6.92. The normalized spacial score (nSPS) is 17.2. The third-order valence-electron chi connectivity index (χ3n) is 5.27. The van der Waals surface area contributed by atoms with E-state index in [0.717, 1.165) is 29.2 Å². The standard InChI is InChI=1S/C17H19N3.C8H12N.2H2/c1-4-6-13(3)15(5-2)20-12-14-7-8-16-17(11-14)19-10-9-18-16;1-2-7(1)8-3-5-9-6-4-8;;/h4-11,20H,1,12H2,2-3H3;1-2,8-9H,3-6H2;2*1H/b13-6-,15-5+;;;. The van der Waals surface area contributed by atoms with Crippen LogP contribution in [0.1, 0.15) is 35.1 Å². The Bertz CT molecular complexity index is 928. The predicted octanol–water partition coefficient (Wildman–Crippen LogP) is 5.38. The lowest BCUT2D eigenvalue weighted by Gasteiger charge is -2.19. The smallest absolute Gasteiger partial charge is 0.0890 e. The molecule has 4 nitrogen and oxygen atoms in total. The largest absolute Gasteiger partial charge is 0.381 e. The Morgan fingerprint density at radius 1 is 1.24 bits per heavy atom. The highest BCUT2D eigenvalue weighted by molar-refractivity contribution is 5.74. The van der Waals surface area contributed by atoms with Gasteiger partial charge in [0.25, 0.3) is 0 Å². The summed E-state index contributed by atoms with van der Waals surface area (Å²) in [6.45, 7) is 11.0. The van der Waals surface area contributed by atoms with E-state index in [1.54, 1.807) is 24.0 Å². The van der Waals surface area contributed by atoms with Gasteiger partial charge in [-0.1, -0.05) is 42.5 Å². The van der Waals surface area contributed by atoms with E-state index in [0.29, 0.717) is 0 Å². The summed E-state index contributed by atoms with van der Waals surface area (Å²) in [7, 11) is 0. The summed E-state index contributed by atoms with van der Waals surface area (Å²) in [6, 6.07) is 6.14. The maximum atomic E-state index is 4.32. The van der Waals surface area contributed by atoms with Crippen molar-refractivity contribution >= 4 is 11.0 Å². The number of fused-ring (bicyclic) bond motifs is 1. The summed E-state index contributed by atoms with van der Waals surface area (Å²) in [4.78, 5) is 8.60. The van der Waals surface area contributed by atoms with Gasteiger partial charge in [0.2, 0.25) is 0 Å². The van der Waals surface area contributed by atoms with Crippen LogP contribution in [0, 0.1) is 12.3 Å². The molecular weight excluding hydrogens is 356 g/mol. The van der Waals surface area contributed by atoms with Gasteiger partial charge in [0.15, 0.2) is 0 Å². The van der Waals surface area contributed by atoms with Crippen LogP contribution in [0.5, 0.6) is 0 Å². The second-order valence-corrected chi connectivity index (χ2v) is 7.38. The van der Waals surface area contributed by atoms with Gasteiger partial charge in [-0.3, -0.25) is 9.97 Å². The highest BCUT2D eigenvalue weighted by Crippen LogP contribution is 2.32.